The summed E-state index contributed by atoms with van der Waals surface area (Å²) < 4.78 is 6.21. The van der Waals surface area contributed by atoms with Crippen molar-refractivity contribution >= 4 is 15.9 Å². The van der Waals surface area contributed by atoms with Gasteiger partial charge in [-0.1, -0.05) is 29.4 Å². The fourth-order valence-corrected chi connectivity index (χ4v) is 2.37. The minimum absolute atomic E-state index is 0.512. The fourth-order valence-electron chi connectivity index (χ4n) is 2.13. The molecule has 0 bridgehead atoms. The van der Waals surface area contributed by atoms with Gasteiger partial charge in [0.2, 0.25) is 11.7 Å². The Hall–Kier alpha value is -2.05. The van der Waals surface area contributed by atoms with Gasteiger partial charge < -0.3 is 10.3 Å². The van der Waals surface area contributed by atoms with Crippen molar-refractivity contribution in [3.63, 3.8) is 0 Å². The van der Waals surface area contributed by atoms with Gasteiger partial charge in [0, 0.05) is 23.6 Å². The lowest BCUT2D eigenvalue weighted by atomic mass is 10.1. The zero-order chi connectivity index (χ0) is 15.4. The lowest BCUT2D eigenvalue weighted by Gasteiger charge is -2.01. The van der Waals surface area contributed by atoms with Gasteiger partial charge in [0.15, 0.2) is 0 Å². The van der Waals surface area contributed by atoms with Gasteiger partial charge in [0.25, 0.3) is 0 Å². The second kappa shape index (κ2) is 6.81. The largest absolute Gasteiger partial charge is 0.339 e. The van der Waals surface area contributed by atoms with Gasteiger partial charge in [0.1, 0.15) is 5.69 Å². The van der Waals surface area contributed by atoms with E-state index < -0.39 is 0 Å². The first-order valence-electron chi connectivity index (χ1n) is 6.97. The molecule has 0 aliphatic carbocycles. The van der Waals surface area contributed by atoms with Crippen LogP contribution in [-0.4, -0.2) is 15.1 Å². The maximum Gasteiger partial charge on any atom is 0.227 e. The Kier molecular flexibility index (Phi) is 4.60. The summed E-state index contributed by atoms with van der Waals surface area (Å²) in [7, 11) is 0. The van der Waals surface area contributed by atoms with Crippen LogP contribution in [0, 0.1) is 0 Å². The molecular formula is C16H15BrN4O. The Balaban J connectivity index is 1.67. The first kappa shape index (κ1) is 14.9. The second-order valence-electron chi connectivity index (χ2n) is 4.90. The third kappa shape index (κ3) is 3.58. The third-order valence-electron chi connectivity index (χ3n) is 3.28. The highest BCUT2D eigenvalue weighted by Crippen LogP contribution is 2.16. The molecule has 3 aromatic rings. The average Bonchev–Trinajstić information content (AvgIpc) is 3.03. The standard InChI is InChI=1S/C16H15BrN4O/c17-13-5-6-14(19-10-13)16-20-15(22-21-16)7-4-11-2-1-3-12(8-11)9-18/h1-3,5-6,8,10H,4,7,9,18H2. The summed E-state index contributed by atoms with van der Waals surface area (Å²) in [5.41, 5.74) is 8.69. The fraction of sp³-hybridized carbons (Fsp3) is 0.188. The van der Waals surface area contributed by atoms with Gasteiger partial charge in [-0.05, 0) is 45.6 Å². The molecule has 0 amide bonds. The molecule has 0 fully saturated rings. The maximum absolute atomic E-state index is 5.65. The average molecular weight is 359 g/mol. The summed E-state index contributed by atoms with van der Waals surface area (Å²) in [6.07, 6.45) is 3.24. The second-order valence-corrected chi connectivity index (χ2v) is 5.81. The van der Waals surface area contributed by atoms with Crippen molar-refractivity contribution in [2.24, 2.45) is 5.73 Å². The Bertz CT molecular complexity index is 755. The summed E-state index contributed by atoms with van der Waals surface area (Å²) >= 11 is 3.35. The molecule has 0 saturated heterocycles. The number of halogens is 1. The van der Waals surface area contributed by atoms with E-state index in [0.29, 0.717) is 30.4 Å². The normalized spacial score (nSPS) is 10.8. The molecule has 112 valence electrons. The number of nitrogens with two attached hydrogens (primary N) is 1. The quantitative estimate of drug-likeness (QED) is 0.757. The molecule has 0 radical (unpaired) electrons. The summed E-state index contributed by atoms with van der Waals surface area (Å²) in [6, 6.07) is 12.0. The van der Waals surface area contributed by atoms with E-state index >= 15 is 0 Å². The van der Waals surface area contributed by atoms with Crippen LogP contribution in [0.5, 0.6) is 0 Å². The van der Waals surface area contributed by atoms with Crippen LogP contribution in [0.3, 0.4) is 0 Å². The van der Waals surface area contributed by atoms with Crippen molar-refractivity contribution in [3.8, 4) is 11.5 Å². The van der Waals surface area contributed by atoms with Crippen molar-refractivity contribution in [3.05, 3.63) is 64.1 Å². The van der Waals surface area contributed by atoms with Crippen LogP contribution >= 0.6 is 15.9 Å². The van der Waals surface area contributed by atoms with E-state index in [1.165, 1.54) is 5.56 Å². The Labute approximate surface area is 136 Å². The van der Waals surface area contributed by atoms with Crippen LogP contribution in [0.2, 0.25) is 0 Å². The summed E-state index contributed by atoms with van der Waals surface area (Å²) in [6.45, 7) is 0.549. The van der Waals surface area contributed by atoms with E-state index in [4.69, 9.17) is 10.3 Å². The van der Waals surface area contributed by atoms with Crippen molar-refractivity contribution in [2.45, 2.75) is 19.4 Å². The van der Waals surface area contributed by atoms with Crippen LogP contribution in [0.4, 0.5) is 0 Å². The summed E-state index contributed by atoms with van der Waals surface area (Å²) in [4.78, 5) is 8.64. The molecular weight excluding hydrogens is 344 g/mol. The molecule has 2 aromatic heterocycles. The predicted octanol–water partition coefficient (Wildman–Crippen LogP) is 3.14. The molecule has 0 aliphatic heterocycles. The number of nitrogens with zero attached hydrogens (tertiary/aromatic N) is 3. The first-order chi connectivity index (χ1) is 10.7. The minimum Gasteiger partial charge on any atom is -0.339 e. The summed E-state index contributed by atoms with van der Waals surface area (Å²) in [5, 5.41) is 3.98. The molecule has 22 heavy (non-hydrogen) atoms. The number of aryl methyl sites for hydroxylation is 2. The number of hydrogen-bond acceptors (Lipinski definition) is 5. The van der Waals surface area contributed by atoms with Gasteiger partial charge in [-0.15, -0.1) is 0 Å². The molecule has 6 heteroatoms. The molecule has 3 rings (SSSR count). The molecule has 5 nitrogen and oxygen atoms in total. The third-order valence-corrected chi connectivity index (χ3v) is 3.75. The minimum atomic E-state index is 0.512. The van der Waals surface area contributed by atoms with E-state index in [1.807, 2.05) is 24.3 Å². The van der Waals surface area contributed by atoms with Gasteiger partial charge in [-0.3, -0.25) is 4.98 Å². The molecule has 2 N–H and O–H groups in total. The van der Waals surface area contributed by atoms with E-state index in [9.17, 15) is 0 Å². The molecule has 1 aromatic carbocycles. The van der Waals surface area contributed by atoms with E-state index in [1.54, 1.807) is 6.20 Å². The first-order valence-corrected chi connectivity index (χ1v) is 7.76. The van der Waals surface area contributed by atoms with Crippen LogP contribution in [-0.2, 0) is 19.4 Å². The summed E-state index contributed by atoms with van der Waals surface area (Å²) in [5.74, 6) is 1.12. The maximum atomic E-state index is 5.65. The lowest BCUT2D eigenvalue weighted by molar-refractivity contribution is 0.378. The highest BCUT2D eigenvalue weighted by molar-refractivity contribution is 9.10. The lowest BCUT2D eigenvalue weighted by Crippen LogP contribution is -1.98. The Morgan fingerprint density at radius 3 is 2.73 bits per heavy atom. The predicted molar refractivity (Wildman–Crippen MR) is 87.0 cm³/mol. The van der Waals surface area contributed by atoms with Crippen molar-refractivity contribution in [2.75, 3.05) is 0 Å². The van der Waals surface area contributed by atoms with Crippen LogP contribution in [0.25, 0.3) is 11.5 Å². The Morgan fingerprint density at radius 1 is 1.09 bits per heavy atom. The van der Waals surface area contributed by atoms with Crippen LogP contribution in [0.15, 0.2) is 51.6 Å². The molecule has 0 unspecified atom stereocenters. The topological polar surface area (TPSA) is 77.8 Å². The number of benzene rings is 1. The van der Waals surface area contributed by atoms with Gasteiger partial charge in [-0.25, -0.2) is 0 Å². The van der Waals surface area contributed by atoms with Gasteiger partial charge in [0.05, 0.1) is 0 Å². The van der Waals surface area contributed by atoms with Crippen LogP contribution < -0.4 is 5.73 Å². The number of pyridine rings is 1. The Morgan fingerprint density at radius 2 is 1.95 bits per heavy atom. The zero-order valence-electron chi connectivity index (χ0n) is 11.9. The molecule has 0 aliphatic rings. The zero-order valence-corrected chi connectivity index (χ0v) is 13.5. The van der Waals surface area contributed by atoms with Crippen molar-refractivity contribution in [1.82, 2.24) is 15.1 Å². The number of hydrogen-bond donors (Lipinski definition) is 1. The van der Waals surface area contributed by atoms with E-state index in [-0.39, 0.29) is 0 Å². The molecule has 2 heterocycles. The smallest absolute Gasteiger partial charge is 0.227 e. The number of rotatable bonds is 5. The SMILES string of the molecule is NCc1cccc(CCc2nc(-c3ccc(Br)cn3)no2)c1. The highest BCUT2D eigenvalue weighted by Gasteiger charge is 2.10. The molecule has 0 spiro atoms. The van der Waals surface area contributed by atoms with E-state index in [2.05, 4.69) is 43.2 Å². The number of aromatic nitrogens is 3. The molecule has 0 atom stereocenters. The van der Waals surface area contributed by atoms with E-state index in [0.717, 1.165) is 16.5 Å². The van der Waals surface area contributed by atoms with Gasteiger partial charge in [-0.2, -0.15) is 4.98 Å². The van der Waals surface area contributed by atoms with Crippen molar-refractivity contribution < 1.29 is 4.52 Å². The monoisotopic (exact) mass is 358 g/mol. The highest BCUT2D eigenvalue weighted by atomic mass is 79.9. The molecule has 0 saturated carbocycles. The van der Waals surface area contributed by atoms with Gasteiger partial charge >= 0.3 is 0 Å². The van der Waals surface area contributed by atoms with Crippen molar-refractivity contribution in [1.29, 1.82) is 0 Å². The van der Waals surface area contributed by atoms with Crippen LogP contribution in [0.1, 0.15) is 17.0 Å².